The highest BCUT2D eigenvalue weighted by atomic mass is 35.5. The highest BCUT2D eigenvalue weighted by Gasteiger charge is 2.26. The minimum atomic E-state index is -0.529. The van der Waals surface area contributed by atoms with Crippen LogP contribution in [0.5, 0.6) is 0 Å². The van der Waals surface area contributed by atoms with Crippen molar-refractivity contribution in [3.63, 3.8) is 0 Å². The zero-order valence-electron chi connectivity index (χ0n) is 13.6. The van der Waals surface area contributed by atoms with Crippen molar-refractivity contribution in [2.24, 2.45) is 5.92 Å². The molecule has 2 N–H and O–H groups in total. The van der Waals surface area contributed by atoms with Gasteiger partial charge in [-0.3, -0.25) is 9.59 Å². The van der Waals surface area contributed by atoms with Gasteiger partial charge in [0.1, 0.15) is 6.04 Å². The normalized spacial score (nSPS) is 16.9. The topological polar surface area (TPSA) is 61.4 Å². The molecule has 1 atom stereocenters. The number of piperidine rings is 1. The van der Waals surface area contributed by atoms with Crippen LogP contribution < -0.4 is 10.6 Å². The van der Waals surface area contributed by atoms with Crippen LogP contribution in [0.4, 0.5) is 0 Å². The van der Waals surface area contributed by atoms with E-state index in [9.17, 15) is 9.59 Å². The molecule has 6 heteroatoms. The average molecular weight is 338 g/mol. The van der Waals surface area contributed by atoms with E-state index >= 15 is 0 Å². The van der Waals surface area contributed by atoms with Gasteiger partial charge in [-0.05, 0) is 63.5 Å². The van der Waals surface area contributed by atoms with Crippen molar-refractivity contribution in [3.05, 3.63) is 34.9 Å². The summed E-state index contributed by atoms with van der Waals surface area (Å²) in [5, 5.41) is 6.52. The molecule has 0 bridgehead atoms. The molecule has 1 aromatic rings. The number of amides is 2. The van der Waals surface area contributed by atoms with E-state index < -0.39 is 6.04 Å². The molecule has 5 nitrogen and oxygen atoms in total. The standard InChI is InChI=1S/C17H24ClN3O2/c1-12(20-16(22)14-3-5-15(18)6-4-14)17(23)21-9-7-13(8-10-21)11-19-2/h3-6,12-13,19H,7-11H2,1-2H3,(H,20,22). The molecule has 0 spiro atoms. The number of rotatable bonds is 5. The average Bonchev–Trinajstić information content (AvgIpc) is 2.55. The Morgan fingerprint density at radius 3 is 2.43 bits per heavy atom. The predicted octanol–water partition coefficient (Wildman–Crippen LogP) is 1.92. The largest absolute Gasteiger partial charge is 0.341 e. The first kappa shape index (κ1) is 17.8. The van der Waals surface area contributed by atoms with E-state index in [4.69, 9.17) is 11.6 Å². The van der Waals surface area contributed by atoms with Gasteiger partial charge in [-0.1, -0.05) is 11.6 Å². The minimum absolute atomic E-state index is 0.0183. The molecule has 0 aromatic heterocycles. The lowest BCUT2D eigenvalue weighted by molar-refractivity contribution is -0.134. The van der Waals surface area contributed by atoms with Gasteiger partial charge in [0, 0.05) is 23.7 Å². The summed E-state index contributed by atoms with van der Waals surface area (Å²) in [4.78, 5) is 26.5. The fraction of sp³-hybridized carbons (Fsp3) is 0.529. The highest BCUT2D eigenvalue weighted by Crippen LogP contribution is 2.17. The van der Waals surface area contributed by atoms with Crippen molar-refractivity contribution < 1.29 is 9.59 Å². The smallest absolute Gasteiger partial charge is 0.251 e. The first-order chi connectivity index (χ1) is 11.0. The van der Waals surface area contributed by atoms with Crippen molar-refractivity contribution in [3.8, 4) is 0 Å². The second-order valence-electron chi connectivity index (χ2n) is 6.03. The van der Waals surface area contributed by atoms with Crippen molar-refractivity contribution in [2.75, 3.05) is 26.7 Å². The van der Waals surface area contributed by atoms with E-state index in [0.717, 1.165) is 32.5 Å². The van der Waals surface area contributed by atoms with Gasteiger partial charge in [-0.15, -0.1) is 0 Å². The second kappa shape index (κ2) is 8.31. The highest BCUT2D eigenvalue weighted by molar-refractivity contribution is 6.30. The summed E-state index contributed by atoms with van der Waals surface area (Å²) in [6, 6.07) is 6.10. The van der Waals surface area contributed by atoms with E-state index in [1.54, 1.807) is 31.2 Å². The number of hydrogen-bond acceptors (Lipinski definition) is 3. The Kier molecular flexibility index (Phi) is 6.42. The molecular formula is C17H24ClN3O2. The van der Waals surface area contributed by atoms with Crippen LogP contribution in [0.2, 0.25) is 5.02 Å². The van der Waals surface area contributed by atoms with Crippen LogP contribution in [-0.2, 0) is 4.79 Å². The molecule has 1 aliphatic rings. The monoisotopic (exact) mass is 337 g/mol. The van der Waals surface area contributed by atoms with E-state index in [1.165, 1.54) is 0 Å². The third-order valence-corrected chi connectivity index (χ3v) is 4.50. The Hall–Kier alpha value is -1.59. The quantitative estimate of drug-likeness (QED) is 0.863. The van der Waals surface area contributed by atoms with Gasteiger partial charge in [0.05, 0.1) is 0 Å². The number of nitrogens with one attached hydrogen (secondary N) is 2. The third kappa shape index (κ3) is 4.94. The van der Waals surface area contributed by atoms with Gasteiger partial charge in [0.25, 0.3) is 5.91 Å². The molecule has 23 heavy (non-hydrogen) atoms. The molecule has 1 unspecified atom stereocenters. The van der Waals surface area contributed by atoms with Crippen molar-refractivity contribution in [1.29, 1.82) is 0 Å². The Morgan fingerprint density at radius 2 is 1.87 bits per heavy atom. The summed E-state index contributed by atoms with van der Waals surface area (Å²) in [6.45, 7) is 4.24. The van der Waals surface area contributed by atoms with Crippen molar-refractivity contribution >= 4 is 23.4 Å². The maximum absolute atomic E-state index is 12.5. The van der Waals surface area contributed by atoms with Crippen molar-refractivity contribution in [1.82, 2.24) is 15.5 Å². The van der Waals surface area contributed by atoms with Gasteiger partial charge in [-0.25, -0.2) is 0 Å². The fourth-order valence-electron chi connectivity index (χ4n) is 2.86. The minimum Gasteiger partial charge on any atom is -0.341 e. The third-order valence-electron chi connectivity index (χ3n) is 4.24. The fourth-order valence-corrected chi connectivity index (χ4v) is 2.99. The first-order valence-electron chi connectivity index (χ1n) is 8.01. The van der Waals surface area contributed by atoms with E-state index in [2.05, 4.69) is 10.6 Å². The number of benzene rings is 1. The summed E-state index contributed by atoms with van der Waals surface area (Å²) in [5.74, 6) is 0.353. The predicted molar refractivity (Wildman–Crippen MR) is 91.6 cm³/mol. The molecule has 126 valence electrons. The van der Waals surface area contributed by atoms with E-state index in [0.29, 0.717) is 16.5 Å². The van der Waals surface area contributed by atoms with E-state index in [-0.39, 0.29) is 11.8 Å². The zero-order valence-corrected chi connectivity index (χ0v) is 14.4. The Bertz CT molecular complexity index is 539. The number of nitrogens with zero attached hydrogens (tertiary/aromatic N) is 1. The summed E-state index contributed by atoms with van der Waals surface area (Å²) in [7, 11) is 1.95. The molecule has 1 saturated heterocycles. The lowest BCUT2D eigenvalue weighted by atomic mass is 9.96. The van der Waals surface area contributed by atoms with Crippen LogP contribution in [0.25, 0.3) is 0 Å². The lowest BCUT2D eigenvalue weighted by Gasteiger charge is -2.33. The van der Waals surface area contributed by atoms with Crippen molar-refractivity contribution in [2.45, 2.75) is 25.8 Å². The Labute approximate surface area is 142 Å². The maximum atomic E-state index is 12.5. The van der Waals surface area contributed by atoms with Crippen LogP contribution in [-0.4, -0.2) is 49.4 Å². The molecule has 2 rings (SSSR count). The number of hydrogen-bond donors (Lipinski definition) is 2. The SMILES string of the molecule is CNCC1CCN(C(=O)C(C)NC(=O)c2ccc(Cl)cc2)CC1. The van der Waals surface area contributed by atoms with E-state index in [1.807, 2.05) is 11.9 Å². The molecule has 0 aliphatic carbocycles. The maximum Gasteiger partial charge on any atom is 0.251 e. The molecular weight excluding hydrogens is 314 g/mol. The van der Waals surface area contributed by atoms with Crippen LogP contribution in [0.3, 0.4) is 0 Å². The van der Waals surface area contributed by atoms with Crippen LogP contribution in [0.15, 0.2) is 24.3 Å². The van der Waals surface area contributed by atoms with Gasteiger partial charge in [-0.2, -0.15) is 0 Å². The summed E-state index contributed by atoms with van der Waals surface area (Å²) >= 11 is 5.81. The van der Waals surface area contributed by atoms with Gasteiger partial charge >= 0.3 is 0 Å². The molecule has 0 saturated carbocycles. The summed E-state index contributed by atoms with van der Waals surface area (Å²) in [5.41, 5.74) is 0.502. The Balaban J connectivity index is 1.85. The first-order valence-corrected chi connectivity index (χ1v) is 8.39. The Morgan fingerprint density at radius 1 is 1.26 bits per heavy atom. The lowest BCUT2D eigenvalue weighted by Crippen LogP contribution is -2.49. The number of carbonyl (C=O) groups excluding carboxylic acids is 2. The number of likely N-dealkylation sites (tertiary alicyclic amines) is 1. The van der Waals surface area contributed by atoms with Crippen LogP contribution in [0, 0.1) is 5.92 Å². The molecule has 1 heterocycles. The molecule has 1 aromatic carbocycles. The van der Waals surface area contributed by atoms with Crippen LogP contribution in [0.1, 0.15) is 30.1 Å². The van der Waals surface area contributed by atoms with Gasteiger partial charge in [0.2, 0.25) is 5.91 Å². The number of halogens is 1. The molecule has 0 radical (unpaired) electrons. The molecule has 1 aliphatic heterocycles. The summed E-state index contributed by atoms with van der Waals surface area (Å²) in [6.07, 6.45) is 2.01. The second-order valence-corrected chi connectivity index (χ2v) is 6.46. The number of carbonyl (C=O) groups is 2. The van der Waals surface area contributed by atoms with Gasteiger partial charge in [0.15, 0.2) is 0 Å². The van der Waals surface area contributed by atoms with Crippen LogP contribution >= 0.6 is 11.6 Å². The van der Waals surface area contributed by atoms with Gasteiger partial charge < -0.3 is 15.5 Å². The summed E-state index contributed by atoms with van der Waals surface area (Å²) < 4.78 is 0. The molecule has 2 amide bonds. The molecule has 1 fully saturated rings. The zero-order chi connectivity index (χ0) is 16.8.